The number of hydrogen-bond donors (Lipinski definition) is 4. The summed E-state index contributed by atoms with van der Waals surface area (Å²) >= 11 is 0. The summed E-state index contributed by atoms with van der Waals surface area (Å²) in [6.45, 7) is 0.146. The third-order valence-electron chi connectivity index (χ3n) is 2.51. The molecule has 3 amide bonds. The largest absolute Gasteiger partial charge is 0.480 e. The molecule has 7 heteroatoms. The molecule has 0 radical (unpaired) electrons. The second kappa shape index (κ2) is 7.26. The molecule has 1 aliphatic carbocycles. The number of carbonyl (C=O) groups excluding carboxylic acids is 2. The average Bonchev–Trinajstić information content (AvgIpc) is 3.12. The van der Waals surface area contributed by atoms with Gasteiger partial charge in [-0.3, -0.25) is 4.79 Å². The van der Waals surface area contributed by atoms with Crippen LogP contribution in [0.3, 0.4) is 0 Å². The van der Waals surface area contributed by atoms with E-state index >= 15 is 0 Å². The van der Waals surface area contributed by atoms with Gasteiger partial charge in [-0.15, -0.1) is 12.3 Å². The molecule has 7 nitrogen and oxygen atoms in total. The first kappa shape index (κ1) is 14.8. The molecular formula is C12H17N3O4. The zero-order valence-corrected chi connectivity index (χ0v) is 10.4. The topological polar surface area (TPSA) is 108 Å². The van der Waals surface area contributed by atoms with Crippen molar-refractivity contribution in [1.29, 1.82) is 0 Å². The zero-order chi connectivity index (χ0) is 14.3. The van der Waals surface area contributed by atoms with Crippen molar-refractivity contribution < 1.29 is 19.5 Å². The Morgan fingerprint density at radius 1 is 1.37 bits per heavy atom. The van der Waals surface area contributed by atoms with Gasteiger partial charge < -0.3 is 21.1 Å². The quantitative estimate of drug-likeness (QED) is 0.463. The number of aliphatic carboxylic acids is 1. The van der Waals surface area contributed by atoms with Crippen LogP contribution in [-0.4, -0.2) is 41.6 Å². The highest BCUT2D eigenvalue weighted by atomic mass is 16.4. The molecule has 1 saturated carbocycles. The van der Waals surface area contributed by atoms with Crippen molar-refractivity contribution in [3.05, 3.63) is 0 Å². The van der Waals surface area contributed by atoms with E-state index in [2.05, 4.69) is 21.9 Å². The summed E-state index contributed by atoms with van der Waals surface area (Å²) in [5, 5.41) is 16.2. The molecule has 0 aliphatic heterocycles. The maximum absolute atomic E-state index is 11.4. The van der Waals surface area contributed by atoms with Crippen molar-refractivity contribution >= 4 is 17.9 Å². The number of carboxylic acid groups (broad SMARTS) is 1. The van der Waals surface area contributed by atoms with E-state index in [1.807, 2.05) is 0 Å². The Kier molecular flexibility index (Phi) is 5.67. The Morgan fingerprint density at radius 3 is 2.58 bits per heavy atom. The molecule has 4 N–H and O–H groups in total. The monoisotopic (exact) mass is 267 g/mol. The molecule has 0 saturated heterocycles. The third kappa shape index (κ3) is 6.31. The van der Waals surface area contributed by atoms with Crippen molar-refractivity contribution in [2.24, 2.45) is 0 Å². The van der Waals surface area contributed by atoms with E-state index in [1.54, 1.807) is 0 Å². The highest BCUT2D eigenvalue weighted by Crippen LogP contribution is 2.18. The van der Waals surface area contributed by atoms with E-state index in [1.165, 1.54) is 0 Å². The van der Waals surface area contributed by atoms with Gasteiger partial charge >= 0.3 is 12.0 Å². The van der Waals surface area contributed by atoms with Crippen LogP contribution in [0.1, 0.15) is 25.7 Å². The lowest BCUT2D eigenvalue weighted by Gasteiger charge is -2.12. The molecule has 1 aliphatic rings. The average molecular weight is 267 g/mol. The first-order valence-electron chi connectivity index (χ1n) is 6.03. The summed E-state index contributed by atoms with van der Waals surface area (Å²) in [6, 6.07) is -1.49. The van der Waals surface area contributed by atoms with Gasteiger partial charge in [0.15, 0.2) is 0 Å². The van der Waals surface area contributed by atoms with Gasteiger partial charge in [0.05, 0.1) is 0 Å². The maximum Gasteiger partial charge on any atom is 0.327 e. The summed E-state index contributed by atoms with van der Waals surface area (Å²) in [5.74, 6) is 0.851. The van der Waals surface area contributed by atoms with Gasteiger partial charge in [0.1, 0.15) is 6.04 Å². The van der Waals surface area contributed by atoms with Crippen LogP contribution in [0.15, 0.2) is 0 Å². The van der Waals surface area contributed by atoms with E-state index < -0.39 is 18.0 Å². The minimum atomic E-state index is -1.19. The predicted octanol–water partition coefficient (Wildman–Crippen LogP) is -0.569. The minimum Gasteiger partial charge on any atom is -0.480 e. The second-order valence-electron chi connectivity index (χ2n) is 4.29. The van der Waals surface area contributed by atoms with E-state index in [9.17, 15) is 14.4 Å². The van der Waals surface area contributed by atoms with Crippen LogP contribution in [0.25, 0.3) is 0 Å². The van der Waals surface area contributed by atoms with Gasteiger partial charge in [0, 0.05) is 25.4 Å². The predicted molar refractivity (Wildman–Crippen MR) is 67.2 cm³/mol. The Bertz CT molecular complexity index is 398. The lowest BCUT2D eigenvalue weighted by molar-refractivity contribution is -0.139. The number of carbonyl (C=O) groups is 3. The lowest BCUT2D eigenvalue weighted by atomic mass is 10.2. The standard InChI is InChI=1S/C12H17N3O4/c1-2-3-9(11(17)18)15-12(19)13-7-6-10(16)14-8-4-5-8/h1,8-9H,3-7H2,(H,14,16)(H,17,18)(H2,13,15,19). The highest BCUT2D eigenvalue weighted by molar-refractivity contribution is 5.83. The third-order valence-corrected chi connectivity index (χ3v) is 2.51. The summed E-state index contributed by atoms with van der Waals surface area (Å²) in [5.41, 5.74) is 0. The van der Waals surface area contributed by atoms with Gasteiger partial charge in [-0.1, -0.05) is 0 Å². The first-order chi connectivity index (χ1) is 9.02. The van der Waals surface area contributed by atoms with Crippen molar-refractivity contribution in [2.45, 2.75) is 37.8 Å². The zero-order valence-electron chi connectivity index (χ0n) is 10.4. The summed E-state index contributed by atoms with van der Waals surface area (Å²) in [6.07, 6.45) is 7.08. The number of urea groups is 1. The molecule has 0 aromatic carbocycles. The molecule has 0 bridgehead atoms. The van der Waals surface area contributed by atoms with Crippen molar-refractivity contribution in [1.82, 2.24) is 16.0 Å². The van der Waals surface area contributed by atoms with E-state index in [0.717, 1.165) is 12.8 Å². The minimum absolute atomic E-state index is 0.0923. The maximum atomic E-state index is 11.4. The van der Waals surface area contributed by atoms with E-state index in [-0.39, 0.29) is 31.3 Å². The number of nitrogens with one attached hydrogen (secondary N) is 3. The number of terminal acetylenes is 1. The Morgan fingerprint density at radius 2 is 2.05 bits per heavy atom. The van der Waals surface area contributed by atoms with Crippen LogP contribution >= 0.6 is 0 Å². The molecule has 19 heavy (non-hydrogen) atoms. The second-order valence-corrected chi connectivity index (χ2v) is 4.29. The van der Waals surface area contributed by atoms with Gasteiger partial charge in [-0.2, -0.15) is 0 Å². The van der Waals surface area contributed by atoms with Gasteiger partial charge in [0.2, 0.25) is 5.91 Å². The number of rotatable bonds is 7. The first-order valence-corrected chi connectivity index (χ1v) is 6.03. The normalized spacial score (nSPS) is 14.9. The SMILES string of the molecule is C#CCC(NC(=O)NCCC(=O)NC1CC1)C(=O)O. The summed E-state index contributed by atoms with van der Waals surface area (Å²) in [4.78, 5) is 33.4. The molecule has 1 rings (SSSR count). The smallest absolute Gasteiger partial charge is 0.327 e. The lowest BCUT2D eigenvalue weighted by Crippen LogP contribution is -2.46. The molecule has 1 unspecified atom stereocenters. The Labute approximate surface area is 111 Å². The highest BCUT2D eigenvalue weighted by Gasteiger charge is 2.23. The molecule has 1 atom stereocenters. The van der Waals surface area contributed by atoms with Crippen molar-refractivity contribution in [3.8, 4) is 12.3 Å². The van der Waals surface area contributed by atoms with Crippen LogP contribution in [0.2, 0.25) is 0 Å². The Balaban J connectivity index is 2.17. The van der Waals surface area contributed by atoms with Crippen LogP contribution in [-0.2, 0) is 9.59 Å². The van der Waals surface area contributed by atoms with Crippen molar-refractivity contribution in [3.63, 3.8) is 0 Å². The van der Waals surface area contributed by atoms with Crippen LogP contribution in [0.5, 0.6) is 0 Å². The van der Waals surface area contributed by atoms with Gasteiger partial charge in [0.25, 0.3) is 0 Å². The molecule has 104 valence electrons. The fourth-order valence-electron chi connectivity index (χ4n) is 1.34. The Hall–Kier alpha value is -2.23. The molecular weight excluding hydrogens is 250 g/mol. The number of carboxylic acids is 1. The van der Waals surface area contributed by atoms with Gasteiger partial charge in [-0.25, -0.2) is 9.59 Å². The summed E-state index contributed by atoms with van der Waals surface area (Å²) in [7, 11) is 0. The molecule has 1 fully saturated rings. The molecule has 0 aromatic rings. The van der Waals surface area contributed by atoms with Crippen LogP contribution in [0, 0.1) is 12.3 Å². The fourth-order valence-corrected chi connectivity index (χ4v) is 1.34. The number of hydrogen-bond acceptors (Lipinski definition) is 3. The molecule has 0 heterocycles. The van der Waals surface area contributed by atoms with Gasteiger partial charge in [-0.05, 0) is 12.8 Å². The molecule has 0 spiro atoms. The van der Waals surface area contributed by atoms with Crippen molar-refractivity contribution in [2.75, 3.05) is 6.54 Å². The van der Waals surface area contributed by atoms with Crippen LogP contribution < -0.4 is 16.0 Å². The van der Waals surface area contributed by atoms with E-state index in [4.69, 9.17) is 11.5 Å². The fraction of sp³-hybridized carbons (Fsp3) is 0.583. The van der Waals surface area contributed by atoms with E-state index in [0.29, 0.717) is 0 Å². The number of amides is 3. The summed E-state index contributed by atoms with van der Waals surface area (Å²) < 4.78 is 0. The van der Waals surface area contributed by atoms with Crippen LogP contribution in [0.4, 0.5) is 4.79 Å². The molecule has 0 aromatic heterocycles.